The molecule has 0 unspecified atom stereocenters. The zero-order valence-corrected chi connectivity index (χ0v) is 14.6. The third-order valence-electron chi connectivity index (χ3n) is 4.42. The van der Waals surface area contributed by atoms with Crippen molar-refractivity contribution in [3.05, 3.63) is 48.5 Å². The largest absolute Gasteiger partial charge is 0.495 e. The summed E-state index contributed by atoms with van der Waals surface area (Å²) >= 11 is 0. The van der Waals surface area contributed by atoms with E-state index in [1.165, 1.54) is 24.9 Å². The molecule has 2 aromatic carbocycles. The highest BCUT2D eigenvalue weighted by atomic mass is 16.5. The van der Waals surface area contributed by atoms with Gasteiger partial charge in [0.15, 0.2) is 0 Å². The van der Waals surface area contributed by atoms with E-state index in [2.05, 4.69) is 21.6 Å². The van der Waals surface area contributed by atoms with E-state index in [1.807, 2.05) is 42.5 Å². The molecule has 3 rings (SSSR count). The quantitative estimate of drug-likeness (QED) is 0.842. The first-order valence-electron chi connectivity index (χ1n) is 8.78. The molecule has 0 aromatic heterocycles. The predicted molar refractivity (Wildman–Crippen MR) is 103 cm³/mol. The number of carbonyl (C=O) groups excluding carboxylic acids is 1. The molecule has 1 fully saturated rings. The van der Waals surface area contributed by atoms with Gasteiger partial charge in [-0.15, -0.1) is 0 Å². The lowest BCUT2D eigenvalue weighted by Crippen LogP contribution is -2.30. The second kappa shape index (κ2) is 8.42. The number of anilines is 3. The highest BCUT2D eigenvalue weighted by Crippen LogP contribution is 2.28. The monoisotopic (exact) mass is 339 g/mol. The number of hydrogen-bond acceptors (Lipinski definition) is 4. The van der Waals surface area contributed by atoms with Gasteiger partial charge in [-0.25, -0.2) is 0 Å². The minimum Gasteiger partial charge on any atom is -0.495 e. The van der Waals surface area contributed by atoms with Gasteiger partial charge < -0.3 is 20.3 Å². The van der Waals surface area contributed by atoms with Crippen molar-refractivity contribution in [2.45, 2.75) is 19.3 Å². The van der Waals surface area contributed by atoms with E-state index in [-0.39, 0.29) is 12.5 Å². The number of methoxy groups -OCH3 is 1. The van der Waals surface area contributed by atoms with Crippen LogP contribution in [0.1, 0.15) is 19.3 Å². The van der Waals surface area contributed by atoms with Gasteiger partial charge in [0.05, 0.1) is 30.7 Å². The maximum absolute atomic E-state index is 12.3. The van der Waals surface area contributed by atoms with Crippen molar-refractivity contribution >= 4 is 23.0 Å². The Bertz CT molecular complexity index is 712. The summed E-state index contributed by atoms with van der Waals surface area (Å²) in [5.74, 6) is 0.558. The van der Waals surface area contributed by atoms with E-state index < -0.39 is 0 Å². The average molecular weight is 339 g/mol. The van der Waals surface area contributed by atoms with Crippen molar-refractivity contribution < 1.29 is 9.53 Å². The van der Waals surface area contributed by atoms with E-state index in [0.29, 0.717) is 11.4 Å². The Morgan fingerprint density at radius 3 is 2.44 bits per heavy atom. The summed E-state index contributed by atoms with van der Waals surface area (Å²) in [6.45, 7) is 2.36. The van der Waals surface area contributed by atoms with Crippen LogP contribution in [0.2, 0.25) is 0 Å². The summed E-state index contributed by atoms with van der Waals surface area (Å²) in [6, 6.07) is 15.6. The van der Waals surface area contributed by atoms with Gasteiger partial charge >= 0.3 is 0 Å². The number of carbonyl (C=O) groups is 1. The summed E-state index contributed by atoms with van der Waals surface area (Å²) in [5.41, 5.74) is 2.85. The Balaban J connectivity index is 1.62. The lowest BCUT2D eigenvalue weighted by molar-refractivity contribution is -0.114. The van der Waals surface area contributed by atoms with Gasteiger partial charge in [-0.05, 0) is 43.5 Å². The number of amides is 1. The van der Waals surface area contributed by atoms with Gasteiger partial charge in [-0.3, -0.25) is 4.79 Å². The number of nitrogens with zero attached hydrogens (tertiary/aromatic N) is 1. The molecule has 132 valence electrons. The molecule has 1 heterocycles. The number of piperidine rings is 1. The normalized spacial score (nSPS) is 14.0. The van der Waals surface area contributed by atoms with Crippen molar-refractivity contribution in [1.82, 2.24) is 0 Å². The highest BCUT2D eigenvalue weighted by molar-refractivity contribution is 5.95. The van der Waals surface area contributed by atoms with Crippen LogP contribution in [-0.2, 0) is 4.79 Å². The van der Waals surface area contributed by atoms with Gasteiger partial charge in [-0.1, -0.05) is 24.3 Å². The van der Waals surface area contributed by atoms with Crippen molar-refractivity contribution in [2.75, 3.05) is 42.3 Å². The SMILES string of the molecule is COc1ccccc1NC(=O)CNc1ccccc1N1CCCCC1. The molecule has 0 saturated carbocycles. The molecule has 2 N–H and O–H groups in total. The molecular formula is C20H25N3O2. The number of ether oxygens (including phenoxy) is 1. The fourth-order valence-electron chi connectivity index (χ4n) is 3.15. The van der Waals surface area contributed by atoms with E-state index in [1.54, 1.807) is 7.11 Å². The molecule has 0 bridgehead atoms. The topological polar surface area (TPSA) is 53.6 Å². The van der Waals surface area contributed by atoms with Crippen molar-refractivity contribution in [3.8, 4) is 5.75 Å². The standard InChI is InChI=1S/C20H25N3O2/c1-25-19-12-6-4-10-17(19)22-20(24)15-21-16-9-3-5-11-18(16)23-13-7-2-8-14-23/h3-6,9-12,21H,2,7-8,13-15H2,1H3,(H,22,24). The number of benzene rings is 2. The maximum atomic E-state index is 12.3. The number of para-hydroxylation sites is 4. The minimum atomic E-state index is -0.0991. The fourth-order valence-corrected chi connectivity index (χ4v) is 3.15. The van der Waals surface area contributed by atoms with Crippen LogP contribution in [-0.4, -0.2) is 32.7 Å². The summed E-state index contributed by atoms with van der Waals surface area (Å²) in [5, 5.41) is 6.16. The molecule has 5 heteroatoms. The Kier molecular flexibility index (Phi) is 5.77. The van der Waals surface area contributed by atoms with Gasteiger partial charge in [0.25, 0.3) is 0 Å². The highest BCUT2D eigenvalue weighted by Gasteiger charge is 2.14. The number of rotatable bonds is 6. The molecule has 5 nitrogen and oxygen atoms in total. The van der Waals surface area contributed by atoms with Crippen LogP contribution in [0.3, 0.4) is 0 Å². The molecule has 0 radical (unpaired) electrons. The van der Waals surface area contributed by atoms with Gasteiger partial charge in [0.2, 0.25) is 5.91 Å². The van der Waals surface area contributed by atoms with Crippen molar-refractivity contribution in [3.63, 3.8) is 0 Å². The van der Waals surface area contributed by atoms with E-state index in [9.17, 15) is 4.79 Å². The summed E-state index contributed by atoms with van der Waals surface area (Å²) < 4.78 is 5.27. The van der Waals surface area contributed by atoms with Crippen LogP contribution in [0.25, 0.3) is 0 Å². The van der Waals surface area contributed by atoms with Crippen LogP contribution >= 0.6 is 0 Å². The molecule has 1 saturated heterocycles. The Morgan fingerprint density at radius 1 is 1.00 bits per heavy atom. The predicted octanol–water partition coefficient (Wildman–Crippen LogP) is 3.74. The molecule has 1 aliphatic rings. The van der Waals surface area contributed by atoms with Crippen LogP contribution in [0.4, 0.5) is 17.1 Å². The van der Waals surface area contributed by atoms with E-state index in [4.69, 9.17) is 4.74 Å². The van der Waals surface area contributed by atoms with Crippen LogP contribution in [0, 0.1) is 0 Å². The fraction of sp³-hybridized carbons (Fsp3) is 0.350. The van der Waals surface area contributed by atoms with E-state index in [0.717, 1.165) is 18.8 Å². The lowest BCUT2D eigenvalue weighted by Gasteiger charge is -2.30. The molecular weight excluding hydrogens is 314 g/mol. The molecule has 2 aromatic rings. The molecule has 25 heavy (non-hydrogen) atoms. The minimum absolute atomic E-state index is 0.0991. The molecule has 0 aliphatic carbocycles. The lowest BCUT2D eigenvalue weighted by atomic mass is 10.1. The zero-order chi connectivity index (χ0) is 17.5. The third kappa shape index (κ3) is 4.44. The third-order valence-corrected chi connectivity index (χ3v) is 4.42. The van der Waals surface area contributed by atoms with Gasteiger partial charge in [-0.2, -0.15) is 0 Å². The number of nitrogens with one attached hydrogen (secondary N) is 2. The summed E-state index contributed by atoms with van der Waals surface area (Å²) in [6.07, 6.45) is 3.75. The smallest absolute Gasteiger partial charge is 0.243 e. The first-order chi connectivity index (χ1) is 12.3. The summed E-state index contributed by atoms with van der Waals surface area (Å²) in [4.78, 5) is 14.7. The Morgan fingerprint density at radius 2 is 1.68 bits per heavy atom. The van der Waals surface area contributed by atoms with Crippen LogP contribution < -0.4 is 20.3 Å². The molecule has 0 atom stereocenters. The maximum Gasteiger partial charge on any atom is 0.243 e. The molecule has 0 spiro atoms. The molecule has 1 amide bonds. The summed E-state index contributed by atoms with van der Waals surface area (Å²) in [7, 11) is 1.60. The van der Waals surface area contributed by atoms with Crippen LogP contribution in [0.5, 0.6) is 5.75 Å². The zero-order valence-electron chi connectivity index (χ0n) is 14.6. The average Bonchev–Trinajstić information content (AvgIpc) is 2.68. The first-order valence-corrected chi connectivity index (χ1v) is 8.78. The number of hydrogen-bond donors (Lipinski definition) is 2. The Hall–Kier alpha value is -2.69. The molecule has 1 aliphatic heterocycles. The van der Waals surface area contributed by atoms with Crippen molar-refractivity contribution in [2.24, 2.45) is 0 Å². The second-order valence-electron chi connectivity index (χ2n) is 6.17. The second-order valence-corrected chi connectivity index (χ2v) is 6.17. The van der Waals surface area contributed by atoms with Gasteiger partial charge in [0, 0.05) is 13.1 Å². The van der Waals surface area contributed by atoms with Crippen LogP contribution in [0.15, 0.2) is 48.5 Å². The van der Waals surface area contributed by atoms with Gasteiger partial charge in [0.1, 0.15) is 5.75 Å². The van der Waals surface area contributed by atoms with Crippen molar-refractivity contribution in [1.29, 1.82) is 0 Å². The Labute approximate surface area is 149 Å². The van der Waals surface area contributed by atoms with E-state index >= 15 is 0 Å². The first kappa shape index (κ1) is 17.1.